The number of imidazole rings is 1. The predicted molar refractivity (Wildman–Crippen MR) is 74.8 cm³/mol. The summed E-state index contributed by atoms with van der Waals surface area (Å²) >= 11 is 11.8. The van der Waals surface area contributed by atoms with Crippen molar-refractivity contribution in [3.05, 3.63) is 52.5 Å². The molecule has 1 N–H and O–H groups in total. The van der Waals surface area contributed by atoms with Crippen molar-refractivity contribution < 1.29 is 0 Å². The van der Waals surface area contributed by atoms with Crippen LogP contribution in [0.2, 0.25) is 10.0 Å². The van der Waals surface area contributed by atoms with Gasteiger partial charge in [-0.25, -0.2) is 4.98 Å². The molecule has 0 saturated heterocycles. The lowest BCUT2D eigenvalue weighted by molar-refractivity contribution is 0.657. The van der Waals surface area contributed by atoms with Gasteiger partial charge in [0.15, 0.2) is 0 Å². The van der Waals surface area contributed by atoms with E-state index >= 15 is 0 Å². The van der Waals surface area contributed by atoms with Gasteiger partial charge in [-0.15, -0.1) is 0 Å². The van der Waals surface area contributed by atoms with Gasteiger partial charge in [0.1, 0.15) is 0 Å². The second-order valence-electron chi connectivity index (χ2n) is 4.01. The first-order valence-electron chi connectivity index (χ1n) is 5.65. The Hall–Kier alpha value is -1.32. The average molecular weight is 282 g/mol. The van der Waals surface area contributed by atoms with Crippen LogP contribution in [0, 0.1) is 5.41 Å². The van der Waals surface area contributed by atoms with Crippen molar-refractivity contribution in [1.82, 2.24) is 9.55 Å². The van der Waals surface area contributed by atoms with Gasteiger partial charge in [-0.2, -0.15) is 0 Å². The summed E-state index contributed by atoms with van der Waals surface area (Å²) < 4.78 is 2.00. The van der Waals surface area contributed by atoms with Crippen LogP contribution in [-0.4, -0.2) is 15.3 Å². The molecule has 0 aliphatic carbocycles. The van der Waals surface area contributed by atoms with Crippen LogP contribution in [-0.2, 0) is 6.54 Å². The minimum atomic E-state index is 0.494. The van der Waals surface area contributed by atoms with E-state index < -0.39 is 0 Å². The molecule has 0 bridgehead atoms. The summed E-state index contributed by atoms with van der Waals surface area (Å²) in [7, 11) is 0. The zero-order chi connectivity index (χ0) is 13.0. The highest BCUT2D eigenvalue weighted by molar-refractivity contribution is 6.42. The highest BCUT2D eigenvalue weighted by Crippen LogP contribution is 2.23. The van der Waals surface area contributed by atoms with Crippen LogP contribution in [0.4, 0.5) is 0 Å². The van der Waals surface area contributed by atoms with E-state index in [9.17, 15) is 0 Å². The first-order valence-corrected chi connectivity index (χ1v) is 6.41. The van der Waals surface area contributed by atoms with Crippen molar-refractivity contribution in [2.45, 2.75) is 19.4 Å². The van der Waals surface area contributed by atoms with E-state index in [2.05, 4.69) is 4.98 Å². The Labute approximate surface area is 116 Å². The van der Waals surface area contributed by atoms with E-state index in [4.69, 9.17) is 28.6 Å². The molecule has 94 valence electrons. The van der Waals surface area contributed by atoms with Gasteiger partial charge in [-0.05, 0) is 30.5 Å². The van der Waals surface area contributed by atoms with Crippen LogP contribution in [0.3, 0.4) is 0 Å². The van der Waals surface area contributed by atoms with Gasteiger partial charge in [0.05, 0.1) is 16.4 Å². The number of aromatic nitrogens is 2. The molecule has 0 atom stereocenters. The Morgan fingerprint density at radius 3 is 2.78 bits per heavy atom. The number of nitrogens with one attached hydrogen (secondary N) is 1. The number of halogens is 2. The number of hydrogen-bond donors (Lipinski definition) is 1. The Morgan fingerprint density at radius 2 is 2.11 bits per heavy atom. The van der Waals surface area contributed by atoms with E-state index in [-0.39, 0.29) is 0 Å². The van der Waals surface area contributed by atoms with Crippen LogP contribution >= 0.6 is 23.2 Å². The van der Waals surface area contributed by atoms with Crippen molar-refractivity contribution in [2.24, 2.45) is 0 Å². The standard InChI is InChI=1S/C13H13Cl2N3/c14-11-4-3-10(8-12(11)15)13(16)2-1-6-18-7-5-17-9-18/h3-5,7-9,16H,1-2,6H2. The summed E-state index contributed by atoms with van der Waals surface area (Å²) in [5, 5.41) is 9.01. The minimum Gasteiger partial charge on any atom is -0.337 e. The van der Waals surface area contributed by atoms with Gasteiger partial charge in [0.25, 0.3) is 0 Å². The molecule has 18 heavy (non-hydrogen) atoms. The molecule has 0 aliphatic heterocycles. The molecule has 1 aromatic carbocycles. The van der Waals surface area contributed by atoms with E-state index in [0.29, 0.717) is 22.2 Å². The smallest absolute Gasteiger partial charge is 0.0945 e. The summed E-state index contributed by atoms with van der Waals surface area (Å²) in [5.41, 5.74) is 1.41. The molecule has 2 aromatic rings. The number of benzene rings is 1. The predicted octanol–water partition coefficient (Wildman–Crippen LogP) is 4.04. The van der Waals surface area contributed by atoms with Crippen molar-refractivity contribution in [2.75, 3.05) is 0 Å². The van der Waals surface area contributed by atoms with Gasteiger partial charge in [0, 0.05) is 24.7 Å². The van der Waals surface area contributed by atoms with Crippen LogP contribution in [0.25, 0.3) is 0 Å². The second kappa shape index (κ2) is 6.03. The molecule has 0 radical (unpaired) electrons. The Balaban J connectivity index is 1.89. The summed E-state index contributed by atoms with van der Waals surface area (Å²) in [6.07, 6.45) is 7.06. The summed E-state index contributed by atoms with van der Waals surface area (Å²) in [6.45, 7) is 0.865. The average Bonchev–Trinajstić information content (AvgIpc) is 2.85. The van der Waals surface area contributed by atoms with E-state index in [1.165, 1.54) is 0 Å². The zero-order valence-electron chi connectivity index (χ0n) is 9.74. The molecule has 1 heterocycles. The van der Waals surface area contributed by atoms with Gasteiger partial charge < -0.3 is 9.98 Å². The Bertz CT molecular complexity index is 535. The number of nitrogens with zero attached hydrogens (tertiary/aromatic N) is 2. The molecule has 1 aromatic heterocycles. The van der Waals surface area contributed by atoms with Crippen LogP contribution in [0.5, 0.6) is 0 Å². The highest BCUT2D eigenvalue weighted by atomic mass is 35.5. The lowest BCUT2D eigenvalue weighted by Gasteiger charge is -2.06. The highest BCUT2D eigenvalue weighted by Gasteiger charge is 2.04. The molecule has 5 heteroatoms. The fourth-order valence-electron chi connectivity index (χ4n) is 1.69. The third kappa shape index (κ3) is 3.34. The summed E-state index contributed by atoms with van der Waals surface area (Å²) in [6, 6.07) is 5.29. The van der Waals surface area contributed by atoms with Crippen LogP contribution < -0.4 is 0 Å². The van der Waals surface area contributed by atoms with Crippen LogP contribution in [0.15, 0.2) is 36.9 Å². The Morgan fingerprint density at radius 1 is 1.28 bits per heavy atom. The Kier molecular flexibility index (Phi) is 4.39. The van der Waals surface area contributed by atoms with Gasteiger partial charge in [0.2, 0.25) is 0 Å². The maximum Gasteiger partial charge on any atom is 0.0945 e. The molecule has 0 spiro atoms. The number of hydrogen-bond acceptors (Lipinski definition) is 2. The zero-order valence-corrected chi connectivity index (χ0v) is 11.2. The molecule has 3 nitrogen and oxygen atoms in total. The first-order chi connectivity index (χ1) is 8.66. The number of rotatable bonds is 5. The molecular formula is C13H13Cl2N3. The monoisotopic (exact) mass is 281 g/mol. The molecule has 0 fully saturated rings. The normalized spacial score (nSPS) is 10.6. The molecule has 2 rings (SSSR count). The van der Waals surface area contributed by atoms with E-state index in [1.807, 2.05) is 16.8 Å². The van der Waals surface area contributed by atoms with Crippen molar-refractivity contribution in [1.29, 1.82) is 5.41 Å². The topological polar surface area (TPSA) is 41.7 Å². The lowest BCUT2D eigenvalue weighted by Crippen LogP contribution is -2.02. The quantitative estimate of drug-likeness (QED) is 0.826. The minimum absolute atomic E-state index is 0.494. The van der Waals surface area contributed by atoms with Gasteiger partial charge in [-0.1, -0.05) is 29.3 Å². The van der Waals surface area contributed by atoms with Gasteiger partial charge >= 0.3 is 0 Å². The fraction of sp³-hybridized carbons (Fsp3) is 0.231. The molecule has 0 saturated carbocycles. The molecular weight excluding hydrogens is 269 g/mol. The van der Waals surface area contributed by atoms with Crippen LogP contribution in [0.1, 0.15) is 18.4 Å². The van der Waals surface area contributed by atoms with Crippen molar-refractivity contribution in [3.63, 3.8) is 0 Å². The molecule has 0 aliphatic rings. The summed E-state index contributed by atoms with van der Waals surface area (Å²) in [5.74, 6) is 0. The third-order valence-electron chi connectivity index (χ3n) is 2.67. The van der Waals surface area contributed by atoms with E-state index in [1.54, 1.807) is 24.7 Å². The SMILES string of the molecule is N=C(CCCn1ccnc1)c1ccc(Cl)c(Cl)c1. The second-order valence-corrected chi connectivity index (χ2v) is 4.83. The lowest BCUT2D eigenvalue weighted by atomic mass is 10.1. The maximum atomic E-state index is 8.00. The first kappa shape index (κ1) is 13.1. The molecule has 0 amide bonds. The fourth-order valence-corrected chi connectivity index (χ4v) is 1.98. The van der Waals surface area contributed by atoms with E-state index in [0.717, 1.165) is 18.5 Å². The van der Waals surface area contributed by atoms with Gasteiger partial charge in [-0.3, -0.25) is 0 Å². The largest absolute Gasteiger partial charge is 0.337 e. The van der Waals surface area contributed by atoms with Crippen molar-refractivity contribution in [3.8, 4) is 0 Å². The maximum absolute atomic E-state index is 8.00. The third-order valence-corrected chi connectivity index (χ3v) is 3.41. The summed E-state index contributed by atoms with van der Waals surface area (Å²) in [4.78, 5) is 3.98. The number of aryl methyl sites for hydroxylation is 1. The molecule has 0 unspecified atom stereocenters. The van der Waals surface area contributed by atoms with Crippen molar-refractivity contribution >= 4 is 28.9 Å².